The fourth-order valence-electron chi connectivity index (χ4n) is 0.997. The van der Waals surface area contributed by atoms with E-state index in [9.17, 15) is 13.2 Å². The zero-order valence-electron chi connectivity index (χ0n) is 8.17. The van der Waals surface area contributed by atoms with Crippen molar-refractivity contribution in [2.24, 2.45) is 10.7 Å². The Balaban J connectivity index is 3.04. The molecule has 0 unspecified atom stereocenters. The van der Waals surface area contributed by atoms with Gasteiger partial charge < -0.3 is 5.73 Å². The lowest BCUT2D eigenvalue weighted by atomic mass is 10.2. The summed E-state index contributed by atoms with van der Waals surface area (Å²) >= 11 is 0. The highest BCUT2D eigenvalue weighted by Crippen LogP contribution is 2.31. The lowest BCUT2D eigenvalue weighted by Crippen LogP contribution is -2.09. The van der Waals surface area contributed by atoms with Gasteiger partial charge in [-0.1, -0.05) is 13.0 Å². The Hall–Kier alpha value is -1.52. The minimum absolute atomic E-state index is 0.226. The Kier molecular flexibility index (Phi) is 3.34. The first-order chi connectivity index (χ1) is 6.93. The molecule has 0 radical (unpaired) electrons. The molecule has 0 aliphatic heterocycles. The van der Waals surface area contributed by atoms with Gasteiger partial charge in [-0.15, -0.1) is 0 Å². The predicted molar refractivity (Wildman–Crippen MR) is 53.0 cm³/mol. The lowest BCUT2D eigenvalue weighted by molar-refractivity contribution is -0.137. The summed E-state index contributed by atoms with van der Waals surface area (Å²) < 4.78 is 36.9. The fraction of sp³-hybridized carbons (Fsp3) is 0.300. The third-order valence-electron chi connectivity index (χ3n) is 1.81. The second-order valence-electron chi connectivity index (χ2n) is 3.00. The molecule has 0 saturated heterocycles. The van der Waals surface area contributed by atoms with E-state index in [1.54, 1.807) is 6.92 Å². The lowest BCUT2D eigenvalue weighted by Gasteiger charge is -2.06. The molecular weight excluding hydrogens is 205 g/mol. The highest BCUT2D eigenvalue weighted by atomic mass is 19.4. The van der Waals surface area contributed by atoms with Gasteiger partial charge in [-0.3, -0.25) is 0 Å². The van der Waals surface area contributed by atoms with E-state index in [0.29, 0.717) is 12.3 Å². The number of rotatable bonds is 2. The quantitative estimate of drug-likeness (QED) is 0.598. The molecule has 0 heterocycles. The standard InChI is InChI=1S/C10H11F3N2/c1-2-9(14)15-8-5-3-4-7(6-8)10(11,12)13/h3-6H,2H2,1H3,(H2,14,15). The van der Waals surface area contributed by atoms with Crippen LogP contribution in [0.15, 0.2) is 29.3 Å². The maximum absolute atomic E-state index is 12.3. The number of aliphatic imine (C=N–C) groups is 1. The van der Waals surface area contributed by atoms with Gasteiger partial charge >= 0.3 is 6.18 Å². The van der Waals surface area contributed by atoms with Crippen molar-refractivity contribution >= 4 is 11.5 Å². The molecule has 0 aliphatic carbocycles. The molecule has 0 spiro atoms. The largest absolute Gasteiger partial charge is 0.416 e. The van der Waals surface area contributed by atoms with E-state index in [-0.39, 0.29) is 5.69 Å². The predicted octanol–water partition coefficient (Wildman–Crippen LogP) is 3.10. The van der Waals surface area contributed by atoms with E-state index in [0.717, 1.165) is 12.1 Å². The monoisotopic (exact) mass is 216 g/mol. The first-order valence-corrected chi connectivity index (χ1v) is 4.43. The van der Waals surface area contributed by atoms with Crippen LogP contribution in [-0.4, -0.2) is 5.84 Å². The van der Waals surface area contributed by atoms with Gasteiger partial charge in [0.15, 0.2) is 0 Å². The van der Waals surface area contributed by atoms with Crippen molar-refractivity contribution in [1.29, 1.82) is 0 Å². The van der Waals surface area contributed by atoms with Crippen molar-refractivity contribution in [3.63, 3.8) is 0 Å². The molecule has 5 heteroatoms. The summed E-state index contributed by atoms with van der Waals surface area (Å²) in [6.07, 6.45) is -3.83. The van der Waals surface area contributed by atoms with Gasteiger partial charge in [-0.2, -0.15) is 13.2 Å². The highest BCUT2D eigenvalue weighted by Gasteiger charge is 2.30. The number of hydrogen-bond acceptors (Lipinski definition) is 1. The second kappa shape index (κ2) is 4.33. The van der Waals surface area contributed by atoms with E-state index in [2.05, 4.69) is 4.99 Å². The van der Waals surface area contributed by atoms with Crippen LogP contribution in [0.5, 0.6) is 0 Å². The molecule has 0 aliphatic rings. The van der Waals surface area contributed by atoms with Crippen molar-refractivity contribution in [2.75, 3.05) is 0 Å². The van der Waals surface area contributed by atoms with Gasteiger partial charge in [0.25, 0.3) is 0 Å². The van der Waals surface area contributed by atoms with E-state index in [4.69, 9.17) is 5.73 Å². The minimum Gasteiger partial charge on any atom is -0.387 e. The molecule has 0 atom stereocenters. The van der Waals surface area contributed by atoms with Crippen LogP contribution in [0.2, 0.25) is 0 Å². The summed E-state index contributed by atoms with van der Waals surface area (Å²) in [5, 5.41) is 0. The Morgan fingerprint density at radius 1 is 1.40 bits per heavy atom. The average Bonchev–Trinajstić information content (AvgIpc) is 2.17. The molecule has 1 aromatic carbocycles. The molecular formula is C10H11F3N2. The Bertz CT molecular complexity index is 369. The first kappa shape index (κ1) is 11.6. The van der Waals surface area contributed by atoms with Gasteiger partial charge in [0.1, 0.15) is 0 Å². The van der Waals surface area contributed by atoms with Crippen molar-refractivity contribution in [3.05, 3.63) is 29.8 Å². The van der Waals surface area contributed by atoms with Gasteiger partial charge in [-0.05, 0) is 18.2 Å². The molecule has 1 rings (SSSR count). The number of amidine groups is 1. The smallest absolute Gasteiger partial charge is 0.387 e. The molecule has 0 saturated carbocycles. The number of hydrogen-bond donors (Lipinski definition) is 1. The summed E-state index contributed by atoms with van der Waals surface area (Å²) in [4.78, 5) is 3.85. The molecule has 0 fully saturated rings. The molecule has 0 aromatic heterocycles. The Labute approximate surface area is 85.6 Å². The third kappa shape index (κ3) is 3.27. The Morgan fingerprint density at radius 2 is 2.07 bits per heavy atom. The van der Waals surface area contributed by atoms with Crippen LogP contribution in [0, 0.1) is 0 Å². The number of nitrogens with two attached hydrogens (primary N) is 1. The summed E-state index contributed by atoms with van der Waals surface area (Å²) in [6.45, 7) is 1.78. The van der Waals surface area contributed by atoms with Crippen LogP contribution in [0.3, 0.4) is 0 Å². The van der Waals surface area contributed by atoms with Crippen LogP contribution >= 0.6 is 0 Å². The van der Waals surface area contributed by atoms with E-state index >= 15 is 0 Å². The molecule has 0 amide bonds. The van der Waals surface area contributed by atoms with Crippen LogP contribution in [0.1, 0.15) is 18.9 Å². The van der Waals surface area contributed by atoms with Gasteiger partial charge in [0, 0.05) is 6.42 Å². The zero-order valence-corrected chi connectivity index (χ0v) is 8.17. The molecule has 15 heavy (non-hydrogen) atoms. The topological polar surface area (TPSA) is 38.4 Å². The third-order valence-corrected chi connectivity index (χ3v) is 1.81. The van der Waals surface area contributed by atoms with Gasteiger partial charge in [0.2, 0.25) is 0 Å². The molecule has 2 nitrogen and oxygen atoms in total. The van der Waals surface area contributed by atoms with Crippen molar-refractivity contribution in [3.8, 4) is 0 Å². The van der Waals surface area contributed by atoms with Crippen LogP contribution in [0.25, 0.3) is 0 Å². The molecule has 82 valence electrons. The van der Waals surface area contributed by atoms with E-state index < -0.39 is 11.7 Å². The molecule has 2 N–H and O–H groups in total. The molecule has 1 aromatic rings. The average molecular weight is 216 g/mol. The highest BCUT2D eigenvalue weighted by molar-refractivity contribution is 5.82. The minimum atomic E-state index is -4.34. The van der Waals surface area contributed by atoms with Crippen molar-refractivity contribution < 1.29 is 13.2 Å². The van der Waals surface area contributed by atoms with Crippen LogP contribution < -0.4 is 5.73 Å². The summed E-state index contributed by atoms with van der Waals surface area (Å²) in [7, 11) is 0. The number of halogens is 3. The zero-order chi connectivity index (χ0) is 11.5. The summed E-state index contributed by atoms with van der Waals surface area (Å²) in [5.41, 5.74) is 4.94. The van der Waals surface area contributed by atoms with E-state index in [1.807, 2.05) is 0 Å². The maximum atomic E-state index is 12.3. The first-order valence-electron chi connectivity index (χ1n) is 4.43. The van der Waals surface area contributed by atoms with Gasteiger partial charge in [0.05, 0.1) is 17.1 Å². The van der Waals surface area contributed by atoms with Crippen LogP contribution in [0.4, 0.5) is 18.9 Å². The number of benzene rings is 1. The number of nitrogens with zero attached hydrogens (tertiary/aromatic N) is 1. The summed E-state index contributed by atoms with van der Waals surface area (Å²) in [5.74, 6) is 0.314. The number of alkyl halides is 3. The van der Waals surface area contributed by atoms with Crippen LogP contribution in [-0.2, 0) is 6.18 Å². The normalized spacial score (nSPS) is 12.9. The van der Waals surface area contributed by atoms with Gasteiger partial charge in [-0.25, -0.2) is 4.99 Å². The fourth-order valence-corrected chi connectivity index (χ4v) is 0.997. The maximum Gasteiger partial charge on any atom is 0.416 e. The molecule has 0 bridgehead atoms. The van der Waals surface area contributed by atoms with E-state index in [1.165, 1.54) is 12.1 Å². The van der Waals surface area contributed by atoms with Crippen molar-refractivity contribution in [2.45, 2.75) is 19.5 Å². The summed E-state index contributed by atoms with van der Waals surface area (Å²) in [6, 6.07) is 4.77. The Morgan fingerprint density at radius 3 is 2.60 bits per heavy atom. The second-order valence-corrected chi connectivity index (χ2v) is 3.00. The SMILES string of the molecule is CCC(N)=Nc1cccc(C(F)(F)F)c1. The van der Waals surface area contributed by atoms with Crippen molar-refractivity contribution in [1.82, 2.24) is 0 Å².